The van der Waals surface area contributed by atoms with Crippen molar-refractivity contribution in [3.8, 4) is 0 Å². The summed E-state index contributed by atoms with van der Waals surface area (Å²) in [6.07, 6.45) is 1.01. The van der Waals surface area contributed by atoms with Gasteiger partial charge in [0.15, 0.2) is 0 Å². The van der Waals surface area contributed by atoms with Gasteiger partial charge in [-0.15, -0.1) is 11.3 Å². The second-order valence-corrected chi connectivity index (χ2v) is 9.50. The van der Waals surface area contributed by atoms with Crippen LogP contribution >= 0.6 is 11.3 Å². The molecular formula is C27H29N3O2S. The number of amides is 2. The number of carbonyl (C=O) groups is 2. The quantitative estimate of drug-likeness (QED) is 0.484. The lowest BCUT2D eigenvalue weighted by molar-refractivity contribution is -0.133. The Kier molecular flexibility index (Phi) is 7.35. The molecule has 1 unspecified atom stereocenters. The molecule has 0 aliphatic carbocycles. The van der Waals surface area contributed by atoms with Gasteiger partial charge < -0.3 is 5.32 Å². The van der Waals surface area contributed by atoms with Gasteiger partial charge in [-0.1, -0.05) is 74.5 Å². The van der Waals surface area contributed by atoms with Crippen LogP contribution in [-0.4, -0.2) is 29.1 Å². The topological polar surface area (TPSA) is 61.8 Å². The van der Waals surface area contributed by atoms with Gasteiger partial charge in [-0.05, 0) is 34.1 Å². The van der Waals surface area contributed by atoms with E-state index in [1.54, 1.807) is 11.3 Å². The summed E-state index contributed by atoms with van der Waals surface area (Å²) in [5.41, 5.74) is 4.25. The molecular weight excluding hydrogens is 430 g/mol. The Morgan fingerprint density at radius 2 is 1.70 bits per heavy atom. The molecule has 33 heavy (non-hydrogen) atoms. The third-order valence-corrected chi connectivity index (χ3v) is 6.77. The minimum atomic E-state index is -0.219. The van der Waals surface area contributed by atoms with E-state index in [4.69, 9.17) is 0 Å². The van der Waals surface area contributed by atoms with Crippen LogP contribution in [0.5, 0.6) is 0 Å². The smallest absolute Gasteiger partial charge is 0.243 e. The molecule has 1 atom stereocenters. The summed E-state index contributed by atoms with van der Waals surface area (Å²) in [6.45, 7) is 4.89. The van der Waals surface area contributed by atoms with Crippen molar-refractivity contribution in [2.45, 2.75) is 45.1 Å². The maximum Gasteiger partial charge on any atom is 0.243 e. The summed E-state index contributed by atoms with van der Waals surface area (Å²) < 4.78 is 0. The molecule has 0 saturated carbocycles. The highest BCUT2D eigenvalue weighted by atomic mass is 32.1. The molecule has 4 rings (SSSR count). The lowest BCUT2D eigenvalue weighted by atomic mass is 9.98. The second kappa shape index (κ2) is 10.6. The molecule has 0 fully saturated rings. The fourth-order valence-electron chi connectivity index (χ4n) is 3.90. The minimum absolute atomic E-state index is 0.120. The first-order valence-electron chi connectivity index (χ1n) is 11.4. The minimum Gasteiger partial charge on any atom is -0.344 e. The van der Waals surface area contributed by atoms with Gasteiger partial charge in [0.25, 0.3) is 0 Å². The monoisotopic (exact) mass is 459 g/mol. The van der Waals surface area contributed by atoms with Crippen LogP contribution in [0, 0.1) is 0 Å². The molecule has 1 aliphatic heterocycles. The van der Waals surface area contributed by atoms with Crippen LogP contribution in [0.15, 0.2) is 77.2 Å². The predicted octanol–water partition coefficient (Wildman–Crippen LogP) is 5.49. The zero-order chi connectivity index (χ0) is 23.2. The van der Waals surface area contributed by atoms with E-state index in [9.17, 15) is 9.59 Å². The highest BCUT2D eigenvalue weighted by molar-refractivity contribution is 7.10. The van der Waals surface area contributed by atoms with Crippen molar-refractivity contribution in [1.82, 2.24) is 10.3 Å². The Balaban J connectivity index is 1.37. The van der Waals surface area contributed by atoms with E-state index < -0.39 is 0 Å². The van der Waals surface area contributed by atoms with Crippen molar-refractivity contribution in [3.05, 3.63) is 93.7 Å². The number of hydrazone groups is 1. The highest BCUT2D eigenvalue weighted by Gasteiger charge is 2.23. The molecule has 0 saturated heterocycles. The molecule has 5 nitrogen and oxygen atoms in total. The molecule has 0 radical (unpaired) electrons. The lowest BCUT2D eigenvalue weighted by Gasteiger charge is -2.19. The Labute approximate surface area is 199 Å². The third-order valence-electron chi connectivity index (χ3n) is 5.83. The normalized spacial score (nSPS) is 14.3. The highest BCUT2D eigenvalue weighted by Crippen LogP contribution is 2.27. The summed E-state index contributed by atoms with van der Waals surface area (Å²) in [5, 5.41) is 11.1. The van der Waals surface area contributed by atoms with Crippen LogP contribution in [0.25, 0.3) is 0 Å². The van der Waals surface area contributed by atoms with Gasteiger partial charge in [-0.25, -0.2) is 5.01 Å². The number of rotatable bonds is 8. The van der Waals surface area contributed by atoms with E-state index in [1.165, 1.54) is 10.6 Å². The Morgan fingerprint density at radius 3 is 2.36 bits per heavy atom. The number of nitrogens with one attached hydrogen (secondary N) is 1. The summed E-state index contributed by atoms with van der Waals surface area (Å²) in [5.74, 6) is 0.196. The van der Waals surface area contributed by atoms with Crippen LogP contribution in [0.3, 0.4) is 0 Å². The van der Waals surface area contributed by atoms with E-state index >= 15 is 0 Å². The standard InChI is InChI=1S/C27H29N3O2S/c1-19(2)20-10-12-22(13-11-20)27(24-9-6-18-33-24)28-25(31)14-15-26(32)30-17-16-23(29-30)21-7-4-3-5-8-21/h3-13,18-19,27H,14-17H2,1-2H3,(H,28,31). The van der Waals surface area contributed by atoms with Gasteiger partial charge in [0, 0.05) is 24.1 Å². The fraction of sp³-hybridized carbons (Fsp3) is 0.296. The number of thiophene rings is 1. The number of carbonyl (C=O) groups excluding carboxylic acids is 2. The van der Waals surface area contributed by atoms with Gasteiger partial charge in [-0.3, -0.25) is 9.59 Å². The van der Waals surface area contributed by atoms with E-state index in [0.717, 1.165) is 28.1 Å². The van der Waals surface area contributed by atoms with Crippen molar-refractivity contribution in [2.75, 3.05) is 6.54 Å². The van der Waals surface area contributed by atoms with Crippen LogP contribution < -0.4 is 5.32 Å². The molecule has 0 spiro atoms. The summed E-state index contributed by atoms with van der Waals surface area (Å²) in [7, 11) is 0. The average molecular weight is 460 g/mol. The first-order chi connectivity index (χ1) is 16.0. The lowest BCUT2D eigenvalue weighted by Crippen LogP contribution is -2.30. The fourth-order valence-corrected chi connectivity index (χ4v) is 4.70. The second-order valence-electron chi connectivity index (χ2n) is 8.52. The van der Waals surface area contributed by atoms with Crippen LogP contribution in [0.1, 0.15) is 66.6 Å². The SMILES string of the molecule is CC(C)c1ccc(C(NC(=O)CCC(=O)N2CCC(c3ccccc3)=N2)c2cccs2)cc1. The molecule has 6 heteroatoms. The Hall–Kier alpha value is -3.25. The summed E-state index contributed by atoms with van der Waals surface area (Å²) in [6, 6.07) is 22.1. The van der Waals surface area contributed by atoms with E-state index in [-0.39, 0.29) is 30.7 Å². The van der Waals surface area contributed by atoms with E-state index in [0.29, 0.717) is 12.5 Å². The van der Waals surface area contributed by atoms with E-state index in [1.807, 2.05) is 47.8 Å². The van der Waals surface area contributed by atoms with Crippen molar-refractivity contribution in [2.24, 2.45) is 5.10 Å². The first kappa shape index (κ1) is 22.9. The predicted molar refractivity (Wildman–Crippen MR) is 133 cm³/mol. The number of hydrogen-bond acceptors (Lipinski definition) is 4. The average Bonchev–Trinajstić information content (AvgIpc) is 3.54. The van der Waals surface area contributed by atoms with E-state index in [2.05, 4.69) is 48.5 Å². The van der Waals surface area contributed by atoms with Crippen molar-refractivity contribution < 1.29 is 9.59 Å². The van der Waals surface area contributed by atoms with Gasteiger partial charge in [0.2, 0.25) is 11.8 Å². The molecule has 1 aliphatic rings. The molecule has 1 aromatic heterocycles. The zero-order valence-corrected chi connectivity index (χ0v) is 19.8. The Morgan fingerprint density at radius 1 is 0.970 bits per heavy atom. The van der Waals surface area contributed by atoms with Crippen molar-refractivity contribution >= 4 is 28.9 Å². The maximum absolute atomic E-state index is 12.8. The summed E-state index contributed by atoms with van der Waals surface area (Å²) >= 11 is 1.61. The molecule has 0 bridgehead atoms. The molecule has 170 valence electrons. The number of nitrogens with zero attached hydrogens (tertiary/aromatic N) is 2. The largest absolute Gasteiger partial charge is 0.344 e. The number of benzene rings is 2. The van der Waals surface area contributed by atoms with Crippen molar-refractivity contribution in [1.29, 1.82) is 0 Å². The van der Waals surface area contributed by atoms with Gasteiger partial charge >= 0.3 is 0 Å². The molecule has 3 aromatic rings. The molecule has 2 amide bonds. The van der Waals surface area contributed by atoms with Crippen LogP contribution in [-0.2, 0) is 9.59 Å². The summed E-state index contributed by atoms with van der Waals surface area (Å²) in [4.78, 5) is 26.5. The van der Waals surface area contributed by atoms with Gasteiger partial charge in [0.05, 0.1) is 18.3 Å². The van der Waals surface area contributed by atoms with Gasteiger partial charge in [0.1, 0.15) is 0 Å². The maximum atomic E-state index is 12.8. The Bertz CT molecular complexity index is 1110. The molecule has 2 aromatic carbocycles. The van der Waals surface area contributed by atoms with Crippen molar-refractivity contribution in [3.63, 3.8) is 0 Å². The van der Waals surface area contributed by atoms with Crippen LogP contribution in [0.2, 0.25) is 0 Å². The third kappa shape index (κ3) is 5.76. The molecule has 1 N–H and O–H groups in total. The van der Waals surface area contributed by atoms with Crippen LogP contribution in [0.4, 0.5) is 0 Å². The first-order valence-corrected chi connectivity index (χ1v) is 12.2. The molecule has 2 heterocycles. The zero-order valence-electron chi connectivity index (χ0n) is 19.0. The van der Waals surface area contributed by atoms with Gasteiger partial charge in [-0.2, -0.15) is 5.10 Å². The number of hydrogen-bond donors (Lipinski definition) is 1.